The molecule has 104 valence electrons. The van der Waals surface area contributed by atoms with Crippen LogP contribution in [0.5, 0.6) is 5.75 Å². The van der Waals surface area contributed by atoms with E-state index in [1.54, 1.807) is 6.20 Å². The minimum absolute atomic E-state index is 0.0775. The minimum atomic E-state index is -0.121. The van der Waals surface area contributed by atoms with Gasteiger partial charge in [-0.2, -0.15) is 5.10 Å². The quantitative estimate of drug-likeness (QED) is 0.719. The number of nitrogens with one attached hydrogen (secondary N) is 2. The summed E-state index contributed by atoms with van der Waals surface area (Å²) in [5.74, 6) is 0.632. The van der Waals surface area contributed by atoms with E-state index < -0.39 is 0 Å². The van der Waals surface area contributed by atoms with E-state index in [0.29, 0.717) is 0 Å². The number of hydrogen-bond acceptors (Lipinski definition) is 3. The van der Waals surface area contributed by atoms with Crippen LogP contribution >= 0.6 is 0 Å². The van der Waals surface area contributed by atoms with E-state index in [9.17, 15) is 4.79 Å². The van der Waals surface area contributed by atoms with Crippen molar-refractivity contribution in [1.29, 1.82) is 0 Å². The lowest BCUT2D eigenvalue weighted by Crippen LogP contribution is -2.25. The summed E-state index contributed by atoms with van der Waals surface area (Å²) in [7, 11) is 0. The third-order valence-corrected chi connectivity index (χ3v) is 3.67. The molecular formula is C16H13N3O2. The average molecular weight is 279 g/mol. The second-order valence-electron chi connectivity index (χ2n) is 5.18. The van der Waals surface area contributed by atoms with Crippen LogP contribution in [-0.4, -0.2) is 22.7 Å². The summed E-state index contributed by atoms with van der Waals surface area (Å²) in [6, 6.07) is 10.1. The van der Waals surface area contributed by atoms with Gasteiger partial charge in [-0.1, -0.05) is 6.07 Å². The van der Waals surface area contributed by atoms with E-state index in [1.165, 1.54) is 0 Å². The van der Waals surface area contributed by atoms with Gasteiger partial charge in [-0.3, -0.25) is 9.89 Å². The molecule has 2 N–H and O–H groups in total. The highest BCUT2D eigenvalue weighted by Gasteiger charge is 2.19. The standard InChI is InChI=1S/C16H13N3O2/c1-9-4-11(6-14-16(9)21-8-15(20)18-14)10-2-3-13-12(5-10)7-17-19-13/h2-7H,8H2,1H3,(H,17,19)(H,18,20). The van der Waals surface area contributed by atoms with Crippen molar-refractivity contribution in [2.24, 2.45) is 0 Å². The number of aromatic nitrogens is 2. The molecule has 1 amide bonds. The molecule has 0 bridgehead atoms. The summed E-state index contributed by atoms with van der Waals surface area (Å²) in [5.41, 5.74) is 4.86. The van der Waals surface area contributed by atoms with Gasteiger partial charge in [0.25, 0.3) is 5.91 Å². The third-order valence-electron chi connectivity index (χ3n) is 3.67. The zero-order valence-corrected chi connectivity index (χ0v) is 11.4. The Balaban J connectivity index is 1.86. The van der Waals surface area contributed by atoms with Crippen molar-refractivity contribution in [1.82, 2.24) is 10.2 Å². The Labute approximate surface area is 120 Å². The van der Waals surface area contributed by atoms with E-state index in [4.69, 9.17) is 4.74 Å². The molecule has 21 heavy (non-hydrogen) atoms. The van der Waals surface area contributed by atoms with Gasteiger partial charge in [-0.05, 0) is 47.9 Å². The predicted molar refractivity (Wildman–Crippen MR) is 80.4 cm³/mol. The first-order chi connectivity index (χ1) is 10.2. The number of carbonyl (C=O) groups is 1. The Hall–Kier alpha value is -2.82. The Morgan fingerprint density at radius 3 is 3.00 bits per heavy atom. The minimum Gasteiger partial charge on any atom is -0.481 e. The lowest BCUT2D eigenvalue weighted by molar-refractivity contribution is -0.118. The molecule has 0 saturated carbocycles. The molecule has 5 nitrogen and oxygen atoms in total. The zero-order chi connectivity index (χ0) is 14.4. The SMILES string of the molecule is Cc1cc(-c2ccc3[nH]ncc3c2)cc2c1OCC(=O)N2. The van der Waals surface area contributed by atoms with E-state index in [1.807, 2.05) is 25.1 Å². The largest absolute Gasteiger partial charge is 0.481 e. The molecule has 1 aromatic heterocycles. The Kier molecular flexibility index (Phi) is 2.47. The lowest BCUT2D eigenvalue weighted by Gasteiger charge is -2.21. The summed E-state index contributed by atoms with van der Waals surface area (Å²) in [6.07, 6.45) is 1.80. The first-order valence-electron chi connectivity index (χ1n) is 6.71. The van der Waals surface area contributed by atoms with Gasteiger partial charge < -0.3 is 10.1 Å². The van der Waals surface area contributed by atoms with Crippen LogP contribution < -0.4 is 10.1 Å². The van der Waals surface area contributed by atoms with Crippen molar-refractivity contribution in [3.8, 4) is 16.9 Å². The number of anilines is 1. The normalized spacial score (nSPS) is 13.7. The molecule has 2 aromatic carbocycles. The fourth-order valence-electron chi connectivity index (χ4n) is 2.67. The van der Waals surface area contributed by atoms with Crippen LogP contribution in [-0.2, 0) is 4.79 Å². The predicted octanol–water partition coefficient (Wildman–Crippen LogP) is 2.87. The van der Waals surface area contributed by atoms with Crippen LogP contribution in [0.15, 0.2) is 36.5 Å². The van der Waals surface area contributed by atoms with Crippen molar-refractivity contribution in [2.75, 3.05) is 11.9 Å². The maximum absolute atomic E-state index is 11.5. The Bertz CT molecular complexity index is 867. The van der Waals surface area contributed by atoms with Gasteiger partial charge in [-0.15, -0.1) is 0 Å². The number of H-pyrrole nitrogens is 1. The molecule has 1 aliphatic heterocycles. The molecule has 1 aliphatic rings. The number of ether oxygens (including phenoxy) is 1. The molecule has 0 fully saturated rings. The maximum Gasteiger partial charge on any atom is 0.262 e. The monoisotopic (exact) mass is 279 g/mol. The van der Waals surface area contributed by atoms with Crippen molar-refractivity contribution >= 4 is 22.5 Å². The van der Waals surface area contributed by atoms with Crippen molar-refractivity contribution in [3.05, 3.63) is 42.1 Å². The summed E-state index contributed by atoms with van der Waals surface area (Å²) in [4.78, 5) is 11.5. The second kappa shape index (κ2) is 4.34. The second-order valence-corrected chi connectivity index (χ2v) is 5.18. The molecule has 0 atom stereocenters. The molecule has 0 radical (unpaired) electrons. The van der Waals surface area contributed by atoms with Crippen molar-refractivity contribution in [3.63, 3.8) is 0 Å². The van der Waals surface area contributed by atoms with Gasteiger partial charge >= 0.3 is 0 Å². The number of aryl methyl sites for hydroxylation is 1. The van der Waals surface area contributed by atoms with Crippen LogP contribution in [0.25, 0.3) is 22.0 Å². The summed E-state index contributed by atoms with van der Waals surface area (Å²) in [6.45, 7) is 2.06. The third kappa shape index (κ3) is 1.94. The van der Waals surface area contributed by atoms with Gasteiger partial charge in [0.2, 0.25) is 0 Å². The average Bonchev–Trinajstić information content (AvgIpc) is 2.94. The molecule has 2 heterocycles. The van der Waals surface area contributed by atoms with Crippen LogP contribution in [0.1, 0.15) is 5.56 Å². The number of nitrogens with zero attached hydrogens (tertiary/aromatic N) is 1. The Morgan fingerprint density at radius 1 is 1.19 bits per heavy atom. The highest BCUT2D eigenvalue weighted by Crippen LogP contribution is 2.36. The summed E-state index contributed by atoms with van der Waals surface area (Å²) in [5, 5.41) is 10.9. The smallest absolute Gasteiger partial charge is 0.262 e. The zero-order valence-electron chi connectivity index (χ0n) is 11.4. The van der Waals surface area contributed by atoms with Crippen molar-refractivity contribution in [2.45, 2.75) is 6.92 Å². The van der Waals surface area contributed by atoms with Gasteiger partial charge in [0.15, 0.2) is 6.61 Å². The number of rotatable bonds is 1. The molecular weight excluding hydrogens is 266 g/mol. The molecule has 0 aliphatic carbocycles. The number of amides is 1. The first-order valence-corrected chi connectivity index (χ1v) is 6.71. The molecule has 3 aromatic rings. The topological polar surface area (TPSA) is 67.0 Å². The number of fused-ring (bicyclic) bond motifs is 2. The van der Waals surface area contributed by atoms with Gasteiger partial charge in [-0.25, -0.2) is 0 Å². The fraction of sp³-hybridized carbons (Fsp3) is 0.125. The van der Waals surface area contributed by atoms with Gasteiger partial charge in [0.05, 0.1) is 17.4 Å². The van der Waals surface area contributed by atoms with Gasteiger partial charge in [0, 0.05) is 5.39 Å². The molecule has 0 saturated heterocycles. The number of aromatic amines is 1. The first kappa shape index (κ1) is 12.0. The van der Waals surface area contributed by atoms with E-state index in [0.717, 1.165) is 39.0 Å². The van der Waals surface area contributed by atoms with E-state index in [2.05, 4.69) is 27.6 Å². The molecule has 0 unspecified atom stereocenters. The Morgan fingerprint density at radius 2 is 2.10 bits per heavy atom. The van der Waals surface area contributed by atoms with Gasteiger partial charge in [0.1, 0.15) is 5.75 Å². The fourth-order valence-corrected chi connectivity index (χ4v) is 2.67. The molecule has 4 rings (SSSR count). The summed E-state index contributed by atoms with van der Waals surface area (Å²) < 4.78 is 5.49. The van der Waals surface area contributed by atoms with Crippen LogP contribution in [0.4, 0.5) is 5.69 Å². The number of hydrogen-bond donors (Lipinski definition) is 2. The molecule has 5 heteroatoms. The lowest BCUT2D eigenvalue weighted by atomic mass is 10.00. The number of carbonyl (C=O) groups excluding carboxylic acids is 1. The van der Waals surface area contributed by atoms with Crippen LogP contribution in [0.3, 0.4) is 0 Å². The number of benzene rings is 2. The van der Waals surface area contributed by atoms with Crippen molar-refractivity contribution < 1.29 is 9.53 Å². The van der Waals surface area contributed by atoms with Crippen LogP contribution in [0, 0.1) is 6.92 Å². The van der Waals surface area contributed by atoms with Crippen LogP contribution in [0.2, 0.25) is 0 Å². The molecule has 0 spiro atoms. The summed E-state index contributed by atoms with van der Waals surface area (Å²) >= 11 is 0. The highest BCUT2D eigenvalue weighted by atomic mass is 16.5. The van der Waals surface area contributed by atoms with E-state index in [-0.39, 0.29) is 12.5 Å². The highest BCUT2D eigenvalue weighted by molar-refractivity contribution is 5.97. The maximum atomic E-state index is 11.5. The van der Waals surface area contributed by atoms with E-state index >= 15 is 0 Å².